The zero-order valence-corrected chi connectivity index (χ0v) is 23.9. The van der Waals surface area contributed by atoms with Crippen LogP contribution in [0, 0.1) is 29.4 Å². The highest BCUT2D eigenvalue weighted by atomic mass is 19.1. The van der Waals surface area contributed by atoms with Gasteiger partial charge in [0.05, 0.1) is 7.11 Å². The number of benzene rings is 3. The number of anilines is 2. The number of rotatable bonds is 8. The van der Waals surface area contributed by atoms with E-state index in [9.17, 15) is 14.0 Å². The fourth-order valence-electron chi connectivity index (χ4n) is 6.47. The maximum atomic E-state index is 15.8. The lowest BCUT2D eigenvalue weighted by Crippen LogP contribution is -2.41. The summed E-state index contributed by atoms with van der Waals surface area (Å²) in [5.74, 6) is -1.70. The van der Waals surface area contributed by atoms with E-state index < -0.39 is 23.5 Å². The smallest absolute Gasteiger partial charge is 0.330 e. The van der Waals surface area contributed by atoms with Crippen molar-refractivity contribution in [3.8, 4) is 11.1 Å². The van der Waals surface area contributed by atoms with Gasteiger partial charge in [0.2, 0.25) is 5.91 Å². The predicted octanol–water partition coefficient (Wildman–Crippen LogP) is 5.99. The summed E-state index contributed by atoms with van der Waals surface area (Å²) >= 11 is 0. The van der Waals surface area contributed by atoms with Crippen molar-refractivity contribution < 1.29 is 23.1 Å². The SMILES string of the molecule is BC(c1ccc(-c2ccc(N(C)C)cc2)cc1F)N(C(=O)C1CC2CCC1C2)c1cc(F)cc(/C=C/C(=O)OC)c1. The summed E-state index contributed by atoms with van der Waals surface area (Å²) in [6.07, 6.45) is 6.63. The van der Waals surface area contributed by atoms with Crippen molar-refractivity contribution in [2.45, 2.75) is 31.6 Å². The van der Waals surface area contributed by atoms with Crippen molar-refractivity contribution in [1.29, 1.82) is 0 Å². The van der Waals surface area contributed by atoms with Gasteiger partial charge < -0.3 is 14.5 Å². The second kappa shape index (κ2) is 11.9. The van der Waals surface area contributed by atoms with E-state index in [1.54, 1.807) is 24.9 Å². The second-order valence-corrected chi connectivity index (χ2v) is 11.4. The Morgan fingerprint density at radius 2 is 1.68 bits per heavy atom. The van der Waals surface area contributed by atoms with E-state index in [2.05, 4.69) is 4.74 Å². The molecule has 0 radical (unpaired) electrons. The van der Waals surface area contributed by atoms with Crippen LogP contribution < -0.4 is 9.80 Å². The molecule has 0 saturated heterocycles. The first-order valence-corrected chi connectivity index (χ1v) is 14.1. The highest BCUT2D eigenvalue weighted by molar-refractivity contribution is 6.18. The molecule has 8 heteroatoms. The van der Waals surface area contributed by atoms with Crippen LogP contribution in [0.2, 0.25) is 0 Å². The van der Waals surface area contributed by atoms with Crippen molar-refractivity contribution >= 4 is 37.2 Å². The molecular formula is C33H35BF2N2O3. The quantitative estimate of drug-likeness (QED) is 0.195. The number of hydrogen-bond acceptors (Lipinski definition) is 4. The van der Waals surface area contributed by atoms with Gasteiger partial charge in [-0.2, -0.15) is 0 Å². The molecule has 1 amide bonds. The summed E-state index contributed by atoms with van der Waals surface area (Å²) in [5, 5.41) is 0. The Kier molecular flexibility index (Phi) is 8.29. The molecule has 3 aromatic rings. The van der Waals surface area contributed by atoms with Crippen LogP contribution in [0.15, 0.2) is 66.7 Å². The van der Waals surface area contributed by atoms with Crippen LogP contribution in [0.1, 0.15) is 42.8 Å². The average Bonchev–Trinajstić information content (AvgIpc) is 3.60. The van der Waals surface area contributed by atoms with Crippen molar-refractivity contribution in [3.63, 3.8) is 0 Å². The fourth-order valence-corrected chi connectivity index (χ4v) is 6.47. The summed E-state index contributed by atoms with van der Waals surface area (Å²) in [7, 11) is 6.97. The van der Waals surface area contributed by atoms with E-state index in [1.807, 2.05) is 49.3 Å². The van der Waals surface area contributed by atoms with Gasteiger partial charge in [-0.1, -0.05) is 30.7 Å². The molecule has 0 heterocycles. The molecule has 4 atom stereocenters. The van der Waals surface area contributed by atoms with Gasteiger partial charge in [0, 0.05) is 49.0 Å². The number of amides is 1. The van der Waals surface area contributed by atoms with Gasteiger partial charge in [-0.3, -0.25) is 4.79 Å². The molecule has 3 aromatic carbocycles. The van der Waals surface area contributed by atoms with Crippen LogP contribution in [0.4, 0.5) is 20.2 Å². The van der Waals surface area contributed by atoms with E-state index >= 15 is 4.39 Å². The Morgan fingerprint density at radius 3 is 2.29 bits per heavy atom. The predicted molar refractivity (Wildman–Crippen MR) is 161 cm³/mol. The Labute approximate surface area is 241 Å². The number of nitrogens with zero attached hydrogens (tertiary/aromatic N) is 2. The largest absolute Gasteiger partial charge is 0.466 e. The van der Waals surface area contributed by atoms with Crippen molar-refractivity contribution in [2.75, 3.05) is 31.0 Å². The zero-order chi connectivity index (χ0) is 29.3. The standard InChI is InChI=1S/C33H35BF2N2O3/c1-37(2)26-10-7-22(8-11-26)23-9-12-28(30(36)18-23)32(34)38(33(40)29-17-20-4-6-24(29)14-20)27-16-21(15-25(35)19-27)5-13-31(39)41-3/h5,7-13,15-16,18-20,24,29,32H,4,6,14,17,34H2,1-3H3/b13-5+. The minimum atomic E-state index is -0.689. The molecule has 2 fully saturated rings. The molecule has 0 aromatic heterocycles. The molecule has 0 aliphatic heterocycles. The maximum Gasteiger partial charge on any atom is 0.330 e. The lowest BCUT2D eigenvalue weighted by molar-refractivity contribution is -0.134. The molecule has 5 rings (SSSR count). The van der Waals surface area contributed by atoms with Gasteiger partial charge >= 0.3 is 5.97 Å². The van der Waals surface area contributed by atoms with Crippen molar-refractivity contribution in [1.82, 2.24) is 0 Å². The number of hydrogen-bond donors (Lipinski definition) is 0. The van der Waals surface area contributed by atoms with E-state index in [-0.39, 0.29) is 11.8 Å². The first-order valence-electron chi connectivity index (χ1n) is 14.1. The lowest BCUT2D eigenvalue weighted by atomic mass is 9.82. The van der Waals surface area contributed by atoms with Gasteiger partial charge in [0.15, 0.2) is 0 Å². The number of methoxy groups -OCH3 is 1. The summed E-state index contributed by atoms with van der Waals surface area (Å²) in [6, 6.07) is 17.2. The molecule has 0 N–H and O–H groups in total. The van der Waals surface area contributed by atoms with Crippen LogP contribution in [-0.2, 0) is 14.3 Å². The highest BCUT2D eigenvalue weighted by Gasteiger charge is 2.45. The van der Waals surface area contributed by atoms with Gasteiger partial charge in [-0.15, -0.1) is 0 Å². The van der Waals surface area contributed by atoms with Gasteiger partial charge in [0.25, 0.3) is 0 Å². The highest BCUT2D eigenvalue weighted by Crippen LogP contribution is 2.50. The summed E-state index contributed by atoms with van der Waals surface area (Å²) in [5.41, 5.74) is 3.75. The number of carbonyl (C=O) groups excluding carboxylic acids is 2. The molecule has 5 nitrogen and oxygen atoms in total. The van der Waals surface area contributed by atoms with E-state index in [0.717, 1.165) is 42.5 Å². The second-order valence-electron chi connectivity index (χ2n) is 11.4. The topological polar surface area (TPSA) is 49.9 Å². The van der Waals surface area contributed by atoms with E-state index in [4.69, 9.17) is 0 Å². The Balaban J connectivity index is 1.51. The molecule has 0 spiro atoms. The molecule has 2 saturated carbocycles. The summed E-state index contributed by atoms with van der Waals surface area (Å²) in [4.78, 5) is 29.3. The molecule has 2 bridgehead atoms. The molecular weight excluding hydrogens is 521 g/mol. The molecule has 212 valence electrons. The minimum absolute atomic E-state index is 0.110. The van der Waals surface area contributed by atoms with Crippen LogP contribution in [0.3, 0.4) is 0 Å². The molecule has 4 unspecified atom stereocenters. The van der Waals surface area contributed by atoms with Crippen molar-refractivity contribution in [3.05, 3.63) is 89.5 Å². The number of halogens is 2. The van der Waals surface area contributed by atoms with E-state index in [1.165, 1.54) is 37.5 Å². The maximum absolute atomic E-state index is 15.8. The van der Waals surface area contributed by atoms with Crippen LogP contribution >= 0.6 is 0 Å². The Hall–Kier alpha value is -3.94. The number of fused-ring (bicyclic) bond motifs is 2. The van der Waals surface area contributed by atoms with Gasteiger partial charge in [0.1, 0.15) is 19.5 Å². The fraction of sp³-hybridized carbons (Fsp3) is 0.333. The third-order valence-corrected chi connectivity index (χ3v) is 8.64. The van der Waals surface area contributed by atoms with Crippen LogP contribution in [0.25, 0.3) is 17.2 Å². The normalized spacial score (nSPS) is 20.3. The molecule has 2 aliphatic carbocycles. The zero-order valence-electron chi connectivity index (χ0n) is 23.9. The van der Waals surface area contributed by atoms with Crippen LogP contribution in [0.5, 0.6) is 0 Å². The van der Waals surface area contributed by atoms with Crippen LogP contribution in [-0.4, -0.2) is 40.9 Å². The Morgan fingerprint density at radius 1 is 0.951 bits per heavy atom. The molecule has 41 heavy (non-hydrogen) atoms. The summed E-state index contributed by atoms with van der Waals surface area (Å²) in [6.45, 7) is 0. The van der Waals surface area contributed by atoms with E-state index in [0.29, 0.717) is 28.7 Å². The Bertz CT molecular complexity index is 1470. The first kappa shape index (κ1) is 28.6. The van der Waals surface area contributed by atoms with Gasteiger partial charge in [-0.05, 0) is 90.3 Å². The molecule has 2 aliphatic rings. The number of esters is 1. The average molecular weight is 556 g/mol. The third kappa shape index (κ3) is 6.07. The first-order chi connectivity index (χ1) is 19.6. The van der Waals surface area contributed by atoms with Crippen molar-refractivity contribution in [2.24, 2.45) is 17.8 Å². The third-order valence-electron chi connectivity index (χ3n) is 8.64. The monoisotopic (exact) mass is 556 g/mol. The summed E-state index contributed by atoms with van der Waals surface area (Å²) < 4.78 is 35.3. The number of ether oxygens (including phenoxy) is 1. The lowest BCUT2D eigenvalue weighted by Gasteiger charge is -2.35. The van der Waals surface area contributed by atoms with Gasteiger partial charge in [-0.25, -0.2) is 13.6 Å². The number of carbonyl (C=O) groups is 2. The minimum Gasteiger partial charge on any atom is -0.466 e.